The standard InChI is InChI=1S/C17H19N3OS/c1-11(2)15-8-14-16(19-10-20-17(14)22-15)18-9-12-5-4-6-13(7-12)21-3/h4-8,10-11H,9H2,1-3H3,(H,18,19,20). The number of aromatic nitrogens is 2. The van der Waals surface area contributed by atoms with Crippen molar-refractivity contribution in [2.75, 3.05) is 12.4 Å². The fourth-order valence-corrected chi connectivity index (χ4v) is 3.27. The van der Waals surface area contributed by atoms with Crippen LogP contribution >= 0.6 is 11.3 Å². The lowest BCUT2D eigenvalue weighted by molar-refractivity contribution is 0.414. The van der Waals surface area contributed by atoms with E-state index >= 15 is 0 Å². The summed E-state index contributed by atoms with van der Waals surface area (Å²) in [6, 6.07) is 10.2. The molecule has 2 aromatic heterocycles. The van der Waals surface area contributed by atoms with Crippen molar-refractivity contribution in [2.45, 2.75) is 26.3 Å². The van der Waals surface area contributed by atoms with E-state index < -0.39 is 0 Å². The van der Waals surface area contributed by atoms with Crippen molar-refractivity contribution in [3.8, 4) is 5.75 Å². The van der Waals surface area contributed by atoms with Crippen LogP contribution in [0, 0.1) is 0 Å². The van der Waals surface area contributed by atoms with Crippen molar-refractivity contribution in [3.05, 3.63) is 47.1 Å². The van der Waals surface area contributed by atoms with Gasteiger partial charge in [-0.3, -0.25) is 0 Å². The number of methoxy groups -OCH3 is 1. The lowest BCUT2D eigenvalue weighted by Gasteiger charge is -2.07. The molecule has 2 heterocycles. The number of thiophene rings is 1. The number of hydrogen-bond acceptors (Lipinski definition) is 5. The summed E-state index contributed by atoms with van der Waals surface area (Å²) >= 11 is 1.74. The molecule has 0 aliphatic heterocycles. The normalized spacial score (nSPS) is 11.1. The molecule has 1 aromatic carbocycles. The van der Waals surface area contributed by atoms with Crippen molar-refractivity contribution < 1.29 is 4.74 Å². The van der Waals surface area contributed by atoms with E-state index in [9.17, 15) is 0 Å². The minimum atomic E-state index is 0.505. The lowest BCUT2D eigenvalue weighted by Crippen LogP contribution is -2.02. The molecular weight excluding hydrogens is 294 g/mol. The molecule has 0 fully saturated rings. The minimum absolute atomic E-state index is 0.505. The molecule has 3 rings (SSSR count). The first-order valence-corrected chi connectivity index (χ1v) is 8.10. The quantitative estimate of drug-likeness (QED) is 0.756. The zero-order valence-corrected chi connectivity index (χ0v) is 13.8. The van der Waals surface area contributed by atoms with E-state index in [4.69, 9.17) is 4.74 Å². The van der Waals surface area contributed by atoms with Crippen molar-refractivity contribution >= 4 is 27.4 Å². The molecule has 0 radical (unpaired) electrons. The van der Waals surface area contributed by atoms with Crippen LogP contribution in [0.1, 0.15) is 30.2 Å². The molecule has 0 aliphatic carbocycles. The van der Waals surface area contributed by atoms with Gasteiger partial charge in [-0.05, 0) is 29.7 Å². The molecule has 0 bridgehead atoms. The smallest absolute Gasteiger partial charge is 0.138 e. The Labute approximate surface area is 134 Å². The summed E-state index contributed by atoms with van der Waals surface area (Å²) in [5, 5.41) is 4.50. The van der Waals surface area contributed by atoms with Crippen molar-refractivity contribution in [1.82, 2.24) is 9.97 Å². The summed E-state index contributed by atoms with van der Waals surface area (Å²) in [6.07, 6.45) is 1.62. The first-order valence-electron chi connectivity index (χ1n) is 7.28. The Balaban J connectivity index is 1.84. The fourth-order valence-electron chi connectivity index (χ4n) is 2.27. The maximum Gasteiger partial charge on any atom is 0.138 e. The fraction of sp³-hybridized carbons (Fsp3) is 0.294. The topological polar surface area (TPSA) is 47.0 Å². The van der Waals surface area contributed by atoms with Gasteiger partial charge in [-0.25, -0.2) is 9.97 Å². The molecule has 0 spiro atoms. The van der Waals surface area contributed by atoms with Crippen LogP contribution in [0.25, 0.3) is 10.2 Å². The van der Waals surface area contributed by atoms with Crippen molar-refractivity contribution in [2.24, 2.45) is 0 Å². The van der Waals surface area contributed by atoms with Gasteiger partial charge in [0.05, 0.1) is 12.5 Å². The summed E-state index contributed by atoms with van der Waals surface area (Å²) in [4.78, 5) is 11.1. The number of rotatable bonds is 5. The average Bonchev–Trinajstić information content (AvgIpc) is 2.98. The summed E-state index contributed by atoms with van der Waals surface area (Å²) in [5.74, 6) is 2.26. The third kappa shape index (κ3) is 3.04. The van der Waals surface area contributed by atoms with Gasteiger partial charge >= 0.3 is 0 Å². The number of benzene rings is 1. The molecule has 22 heavy (non-hydrogen) atoms. The number of anilines is 1. The van der Waals surface area contributed by atoms with Crippen LogP contribution in [0.5, 0.6) is 5.75 Å². The van der Waals surface area contributed by atoms with E-state index in [-0.39, 0.29) is 0 Å². The number of fused-ring (bicyclic) bond motifs is 1. The highest BCUT2D eigenvalue weighted by Crippen LogP contribution is 2.32. The van der Waals surface area contributed by atoms with Crippen LogP contribution in [-0.2, 0) is 6.54 Å². The first kappa shape index (κ1) is 14.8. The molecule has 5 heteroatoms. The highest BCUT2D eigenvalue weighted by Gasteiger charge is 2.10. The van der Waals surface area contributed by atoms with Gasteiger partial charge in [-0.1, -0.05) is 26.0 Å². The van der Waals surface area contributed by atoms with E-state index in [1.165, 1.54) is 4.88 Å². The summed E-state index contributed by atoms with van der Waals surface area (Å²) < 4.78 is 5.26. The summed E-state index contributed by atoms with van der Waals surface area (Å²) in [5.41, 5.74) is 1.16. The Kier molecular flexibility index (Phi) is 4.24. The monoisotopic (exact) mass is 313 g/mol. The number of nitrogens with zero attached hydrogens (tertiary/aromatic N) is 2. The highest BCUT2D eigenvalue weighted by atomic mass is 32.1. The number of ether oxygens (including phenoxy) is 1. The predicted molar refractivity (Wildman–Crippen MR) is 91.8 cm³/mol. The van der Waals surface area contributed by atoms with E-state index in [0.29, 0.717) is 12.5 Å². The second-order valence-electron chi connectivity index (χ2n) is 5.45. The molecule has 1 N–H and O–H groups in total. The number of nitrogens with one attached hydrogen (secondary N) is 1. The van der Waals surface area contributed by atoms with Crippen LogP contribution in [0.15, 0.2) is 36.7 Å². The molecule has 0 aliphatic rings. The third-order valence-electron chi connectivity index (χ3n) is 3.51. The SMILES string of the molecule is COc1cccc(CNc2ncnc3sc(C(C)C)cc23)c1. The molecule has 0 saturated carbocycles. The van der Waals surface area contributed by atoms with E-state index in [0.717, 1.165) is 27.3 Å². The largest absolute Gasteiger partial charge is 0.497 e. The predicted octanol–water partition coefficient (Wildman–Crippen LogP) is 4.44. The average molecular weight is 313 g/mol. The van der Waals surface area contributed by atoms with Crippen molar-refractivity contribution in [1.29, 1.82) is 0 Å². The second kappa shape index (κ2) is 6.32. The van der Waals surface area contributed by atoms with Crippen LogP contribution in [-0.4, -0.2) is 17.1 Å². The number of hydrogen-bond donors (Lipinski definition) is 1. The highest BCUT2D eigenvalue weighted by molar-refractivity contribution is 7.18. The van der Waals surface area contributed by atoms with E-state index in [2.05, 4.69) is 41.3 Å². The molecule has 0 amide bonds. The van der Waals surface area contributed by atoms with Gasteiger partial charge in [-0.15, -0.1) is 11.3 Å². The van der Waals surface area contributed by atoms with Gasteiger partial charge in [0.15, 0.2) is 0 Å². The van der Waals surface area contributed by atoms with Gasteiger partial charge in [0, 0.05) is 11.4 Å². The second-order valence-corrected chi connectivity index (χ2v) is 6.51. The molecule has 0 atom stereocenters. The van der Waals surface area contributed by atoms with Gasteiger partial charge in [0.1, 0.15) is 22.7 Å². The molecule has 3 aromatic rings. The molecule has 114 valence electrons. The van der Waals surface area contributed by atoms with Crippen LogP contribution < -0.4 is 10.1 Å². The molecule has 0 saturated heterocycles. The molecule has 0 unspecified atom stereocenters. The van der Waals surface area contributed by atoms with Crippen LogP contribution in [0.2, 0.25) is 0 Å². The van der Waals surface area contributed by atoms with Gasteiger partial charge in [0.2, 0.25) is 0 Å². The van der Waals surface area contributed by atoms with Crippen LogP contribution in [0.3, 0.4) is 0 Å². The summed E-state index contributed by atoms with van der Waals surface area (Å²) in [7, 11) is 1.68. The van der Waals surface area contributed by atoms with Gasteiger partial charge in [0.25, 0.3) is 0 Å². The van der Waals surface area contributed by atoms with Crippen LogP contribution in [0.4, 0.5) is 5.82 Å². The Morgan fingerprint density at radius 1 is 1.23 bits per heavy atom. The Bertz CT molecular complexity index is 782. The Hall–Kier alpha value is -2.14. The van der Waals surface area contributed by atoms with E-state index in [1.54, 1.807) is 24.8 Å². The third-order valence-corrected chi connectivity index (χ3v) is 4.86. The lowest BCUT2D eigenvalue weighted by atomic mass is 10.1. The first-order chi connectivity index (χ1) is 10.7. The maximum atomic E-state index is 5.26. The minimum Gasteiger partial charge on any atom is -0.497 e. The molecule has 4 nitrogen and oxygen atoms in total. The van der Waals surface area contributed by atoms with E-state index in [1.807, 2.05) is 18.2 Å². The van der Waals surface area contributed by atoms with Crippen molar-refractivity contribution in [3.63, 3.8) is 0 Å². The Morgan fingerprint density at radius 2 is 2.09 bits per heavy atom. The zero-order valence-electron chi connectivity index (χ0n) is 13.0. The molecular formula is C17H19N3OS. The summed E-state index contributed by atoms with van der Waals surface area (Å²) in [6.45, 7) is 5.10. The van der Waals surface area contributed by atoms with Gasteiger partial charge < -0.3 is 10.1 Å². The maximum absolute atomic E-state index is 5.26. The Morgan fingerprint density at radius 3 is 2.86 bits per heavy atom. The van der Waals surface area contributed by atoms with Gasteiger partial charge in [-0.2, -0.15) is 0 Å². The zero-order chi connectivity index (χ0) is 15.5.